The van der Waals surface area contributed by atoms with E-state index in [2.05, 4.69) is 5.32 Å². The van der Waals surface area contributed by atoms with Gasteiger partial charge in [-0.25, -0.2) is 4.79 Å². The summed E-state index contributed by atoms with van der Waals surface area (Å²) in [5, 5.41) is 30.6. The van der Waals surface area contributed by atoms with Crippen LogP contribution in [-0.2, 0) is 19.1 Å². The van der Waals surface area contributed by atoms with Crippen molar-refractivity contribution in [3.63, 3.8) is 0 Å². The number of aliphatic carboxylic acids is 2. The third-order valence-corrected chi connectivity index (χ3v) is 3.57. The van der Waals surface area contributed by atoms with Crippen LogP contribution in [0.4, 0.5) is 0 Å². The number of ether oxygens (including phenoxy) is 1. The quantitative estimate of drug-likeness (QED) is 0.480. The minimum atomic E-state index is -2.72. The second-order valence-electron chi connectivity index (χ2n) is 5.48. The molecule has 8 nitrogen and oxygen atoms in total. The molecule has 0 saturated heterocycles. The van der Waals surface area contributed by atoms with Gasteiger partial charge in [0.15, 0.2) is 5.60 Å². The number of nitrogens with one attached hydrogen (secondary N) is 1. The standard InChI is InChI=1S/C16H21NO7/c1-10(17-2)14(11-6-4-3-5-7-11)24-13(20)9-16(23,15(21)22)8-12(18)19/h3-7,10,14,17,23H,8-9H2,1-2H3,(H,18,19)(H,21,22)/t10-,14+,16?/m0/s1. The van der Waals surface area contributed by atoms with E-state index in [-0.39, 0.29) is 6.04 Å². The van der Waals surface area contributed by atoms with E-state index in [0.717, 1.165) is 0 Å². The largest absolute Gasteiger partial charge is 0.481 e. The van der Waals surface area contributed by atoms with Gasteiger partial charge in [0, 0.05) is 6.04 Å². The maximum absolute atomic E-state index is 12.1. The van der Waals surface area contributed by atoms with Gasteiger partial charge in [-0.3, -0.25) is 9.59 Å². The third kappa shape index (κ3) is 5.32. The summed E-state index contributed by atoms with van der Waals surface area (Å²) in [5.74, 6) is -4.33. The monoisotopic (exact) mass is 339 g/mol. The minimum Gasteiger partial charge on any atom is -0.481 e. The lowest BCUT2D eigenvalue weighted by atomic mass is 9.95. The maximum Gasteiger partial charge on any atom is 0.336 e. The number of carbonyl (C=O) groups excluding carboxylic acids is 1. The molecule has 1 aromatic carbocycles. The molecule has 1 aromatic rings. The Hall–Kier alpha value is -2.45. The van der Waals surface area contributed by atoms with Gasteiger partial charge in [-0.2, -0.15) is 0 Å². The van der Waals surface area contributed by atoms with E-state index in [9.17, 15) is 19.5 Å². The van der Waals surface area contributed by atoms with Gasteiger partial charge in [0.2, 0.25) is 0 Å². The summed E-state index contributed by atoms with van der Waals surface area (Å²) in [6.45, 7) is 1.77. The van der Waals surface area contributed by atoms with E-state index in [1.165, 1.54) is 0 Å². The fourth-order valence-corrected chi connectivity index (χ4v) is 2.14. The lowest BCUT2D eigenvalue weighted by molar-refractivity contribution is -0.174. The van der Waals surface area contributed by atoms with E-state index in [4.69, 9.17) is 14.9 Å². The number of carboxylic acid groups (broad SMARTS) is 2. The number of esters is 1. The Balaban J connectivity index is 2.92. The number of aliphatic hydroxyl groups is 1. The first-order valence-corrected chi connectivity index (χ1v) is 7.29. The Kier molecular flexibility index (Phi) is 6.87. The first kappa shape index (κ1) is 19.6. The van der Waals surface area contributed by atoms with Crippen molar-refractivity contribution in [2.45, 2.75) is 37.5 Å². The second-order valence-corrected chi connectivity index (χ2v) is 5.48. The van der Waals surface area contributed by atoms with Crippen LogP contribution in [0.3, 0.4) is 0 Å². The van der Waals surface area contributed by atoms with Gasteiger partial charge in [-0.1, -0.05) is 30.3 Å². The number of likely N-dealkylation sites (N-methyl/N-ethyl adjacent to an activating group) is 1. The molecule has 0 aliphatic rings. The molecule has 0 amide bonds. The average Bonchev–Trinajstić information content (AvgIpc) is 2.51. The summed E-state index contributed by atoms with van der Waals surface area (Å²) in [6.07, 6.45) is -2.78. The summed E-state index contributed by atoms with van der Waals surface area (Å²) in [5.41, 5.74) is -2.03. The Morgan fingerprint density at radius 1 is 1.17 bits per heavy atom. The van der Waals surface area contributed by atoms with E-state index < -0.39 is 42.5 Å². The van der Waals surface area contributed by atoms with Gasteiger partial charge in [-0.05, 0) is 19.5 Å². The molecule has 0 spiro atoms. The lowest BCUT2D eigenvalue weighted by Crippen LogP contribution is -2.43. The van der Waals surface area contributed by atoms with Crippen LogP contribution in [0.25, 0.3) is 0 Å². The van der Waals surface area contributed by atoms with Gasteiger partial charge in [0.25, 0.3) is 0 Å². The molecule has 0 aromatic heterocycles. The zero-order valence-electron chi connectivity index (χ0n) is 13.4. The molecule has 0 bridgehead atoms. The summed E-state index contributed by atoms with van der Waals surface area (Å²) >= 11 is 0. The van der Waals surface area contributed by atoms with Crippen molar-refractivity contribution < 1.29 is 34.4 Å². The van der Waals surface area contributed by atoms with Crippen molar-refractivity contribution in [3.05, 3.63) is 35.9 Å². The Bertz CT molecular complexity index is 589. The molecular formula is C16H21NO7. The molecule has 0 fully saturated rings. The van der Waals surface area contributed by atoms with Crippen molar-refractivity contribution in [1.29, 1.82) is 0 Å². The SMILES string of the molecule is CN[C@@H](C)[C@@H](OC(=O)CC(O)(CC(=O)O)C(=O)O)c1ccccc1. The molecule has 0 aliphatic heterocycles. The average molecular weight is 339 g/mol. The van der Waals surface area contributed by atoms with E-state index >= 15 is 0 Å². The summed E-state index contributed by atoms with van der Waals surface area (Å²) in [7, 11) is 1.67. The molecule has 8 heteroatoms. The summed E-state index contributed by atoms with van der Waals surface area (Å²) in [4.78, 5) is 33.9. The zero-order chi connectivity index (χ0) is 18.3. The van der Waals surface area contributed by atoms with Gasteiger partial charge < -0.3 is 25.4 Å². The van der Waals surface area contributed by atoms with Crippen LogP contribution in [0.2, 0.25) is 0 Å². The van der Waals surface area contributed by atoms with Gasteiger partial charge >= 0.3 is 17.9 Å². The fourth-order valence-electron chi connectivity index (χ4n) is 2.14. The molecule has 0 heterocycles. The van der Waals surface area contributed by atoms with Crippen LogP contribution < -0.4 is 5.32 Å². The van der Waals surface area contributed by atoms with Crippen LogP contribution in [0.15, 0.2) is 30.3 Å². The molecule has 1 unspecified atom stereocenters. The van der Waals surface area contributed by atoms with Crippen molar-refractivity contribution >= 4 is 17.9 Å². The Morgan fingerprint density at radius 3 is 2.21 bits per heavy atom. The fraction of sp³-hybridized carbons (Fsp3) is 0.438. The topological polar surface area (TPSA) is 133 Å². The molecule has 132 valence electrons. The van der Waals surface area contributed by atoms with Crippen LogP contribution in [0, 0.1) is 0 Å². The number of hydrogen-bond acceptors (Lipinski definition) is 6. The van der Waals surface area contributed by atoms with Crippen molar-refractivity contribution in [3.8, 4) is 0 Å². The molecule has 0 aliphatic carbocycles. The zero-order valence-corrected chi connectivity index (χ0v) is 13.4. The lowest BCUT2D eigenvalue weighted by Gasteiger charge is -2.26. The highest BCUT2D eigenvalue weighted by Gasteiger charge is 2.42. The van der Waals surface area contributed by atoms with Crippen LogP contribution in [0.5, 0.6) is 0 Å². The first-order chi connectivity index (χ1) is 11.2. The van der Waals surface area contributed by atoms with Gasteiger partial charge in [-0.15, -0.1) is 0 Å². The normalized spacial score (nSPS) is 15.8. The number of carboxylic acids is 2. The highest BCUT2D eigenvalue weighted by atomic mass is 16.5. The van der Waals surface area contributed by atoms with Crippen molar-refractivity contribution in [2.24, 2.45) is 0 Å². The molecule has 3 atom stereocenters. The van der Waals surface area contributed by atoms with Crippen LogP contribution >= 0.6 is 0 Å². The number of hydrogen-bond donors (Lipinski definition) is 4. The highest BCUT2D eigenvalue weighted by molar-refractivity contribution is 5.88. The van der Waals surface area contributed by atoms with Crippen molar-refractivity contribution in [1.82, 2.24) is 5.32 Å². The molecule has 1 rings (SSSR count). The minimum absolute atomic E-state index is 0.284. The summed E-state index contributed by atoms with van der Waals surface area (Å²) in [6, 6.07) is 8.52. The van der Waals surface area contributed by atoms with E-state index in [0.29, 0.717) is 5.56 Å². The number of carbonyl (C=O) groups is 3. The Labute approximate surface area is 139 Å². The first-order valence-electron chi connectivity index (χ1n) is 7.29. The smallest absolute Gasteiger partial charge is 0.336 e. The van der Waals surface area contributed by atoms with E-state index in [1.54, 1.807) is 44.3 Å². The maximum atomic E-state index is 12.1. The molecule has 0 radical (unpaired) electrons. The number of benzene rings is 1. The van der Waals surface area contributed by atoms with Crippen LogP contribution in [0.1, 0.15) is 31.4 Å². The second kappa shape index (κ2) is 8.42. The van der Waals surface area contributed by atoms with Gasteiger partial charge in [0.05, 0.1) is 12.8 Å². The number of rotatable bonds is 9. The highest BCUT2D eigenvalue weighted by Crippen LogP contribution is 2.24. The molecule has 4 N–H and O–H groups in total. The van der Waals surface area contributed by atoms with Crippen LogP contribution in [-0.4, -0.2) is 51.9 Å². The molecule has 0 saturated carbocycles. The predicted molar refractivity (Wildman–Crippen MR) is 83.3 cm³/mol. The molecule has 24 heavy (non-hydrogen) atoms. The Morgan fingerprint density at radius 2 is 1.75 bits per heavy atom. The summed E-state index contributed by atoms with van der Waals surface area (Å²) < 4.78 is 5.30. The predicted octanol–water partition coefficient (Wildman–Crippen LogP) is 0.559. The van der Waals surface area contributed by atoms with Crippen molar-refractivity contribution in [2.75, 3.05) is 7.05 Å². The van der Waals surface area contributed by atoms with E-state index in [1.807, 2.05) is 0 Å². The molecular weight excluding hydrogens is 318 g/mol. The van der Waals surface area contributed by atoms with Gasteiger partial charge in [0.1, 0.15) is 6.10 Å². The third-order valence-electron chi connectivity index (χ3n) is 3.57.